The quantitative estimate of drug-likeness (QED) is 0.333. The second-order valence-corrected chi connectivity index (χ2v) is 3.95. The molecule has 0 spiro atoms. The standard InChI is InChI=1S/C10H16N2O8.ClH.2Na/c13-7(14)3-11(4-8(15)16)1-2-12(5-9(17)18)6-10(19)20;;;/h1-6H2,(H,13,14)(H,15,16)(H,17,18)(H,19,20);1H;;/q;;2*+1/p-2. The molecule has 0 aromatic heterocycles. The molecule has 0 aromatic rings. The molecular formula is C10H15ClN2Na2O8. The van der Waals surface area contributed by atoms with E-state index in [1.54, 1.807) is 0 Å². The first-order valence-electron chi connectivity index (χ1n) is 5.48. The first-order valence-corrected chi connectivity index (χ1v) is 5.48. The smallest absolute Gasteiger partial charge is 0.549 e. The third kappa shape index (κ3) is 20.0. The van der Waals surface area contributed by atoms with Gasteiger partial charge in [-0.05, 0) is 0 Å². The van der Waals surface area contributed by atoms with Crippen LogP contribution in [0.15, 0.2) is 0 Å². The van der Waals surface area contributed by atoms with Gasteiger partial charge in [0, 0.05) is 26.2 Å². The molecule has 122 valence electrons. The van der Waals surface area contributed by atoms with Gasteiger partial charge in [0.25, 0.3) is 0 Å². The average molecular weight is 373 g/mol. The van der Waals surface area contributed by atoms with Gasteiger partial charge in [-0.1, -0.05) is 0 Å². The predicted octanol–water partition coefficient (Wildman–Crippen LogP) is -10.3. The molecule has 0 aliphatic heterocycles. The number of carbonyl (C=O) groups is 4. The number of hydrogen-bond acceptors (Lipinski definition) is 8. The van der Waals surface area contributed by atoms with E-state index in [0.29, 0.717) is 0 Å². The van der Waals surface area contributed by atoms with E-state index in [-0.39, 0.29) is 84.6 Å². The van der Waals surface area contributed by atoms with Gasteiger partial charge < -0.3 is 30.0 Å². The third-order valence-electron chi connectivity index (χ3n) is 2.16. The predicted molar refractivity (Wildman–Crippen MR) is 65.4 cm³/mol. The van der Waals surface area contributed by atoms with Crippen molar-refractivity contribution in [1.82, 2.24) is 9.80 Å². The monoisotopic (exact) mass is 372 g/mol. The Kier molecular flexibility index (Phi) is 22.8. The number of hydrogen-bond donors (Lipinski definition) is 2. The average Bonchev–Trinajstić information content (AvgIpc) is 2.22. The molecule has 0 bridgehead atoms. The van der Waals surface area contributed by atoms with Crippen molar-refractivity contribution in [3.8, 4) is 0 Å². The van der Waals surface area contributed by atoms with E-state index in [9.17, 15) is 29.4 Å². The summed E-state index contributed by atoms with van der Waals surface area (Å²) in [5, 5.41) is 38.0. The van der Waals surface area contributed by atoms with E-state index in [0.717, 1.165) is 9.80 Å². The van der Waals surface area contributed by atoms with Crippen LogP contribution in [-0.4, -0.2) is 83.2 Å². The van der Waals surface area contributed by atoms with Crippen LogP contribution in [0, 0.1) is 0 Å². The number of carboxylic acids is 4. The first kappa shape index (κ1) is 30.9. The van der Waals surface area contributed by atoms with Gasteiger partial charge in [-0.3, -0.25) is 19.4 Å². The van der Waals surface area contributed by atoms with Crippen molar-refractivity contribution in [1.29, 1.82) is 0 Å². The van der Waals surface area contributed by atoms with Crippen molar-refractivity contribution >= 4 is 36.3 Å². The van der Waals surface area contributed by atoms with Crippen LogP contribution in [0.4, 0.5) is 0 Å². The van der Waals surface area contributed by atoms with Crippen molar-refractivity contribution in [2.75, 3.05) is 39.3 Å². The Hall–Kier alpha value is 0.0900. The van der Waals surface area contributed by atoms with Crippen molar-refractivity contribution in [2.45, 2.75) is 0 Å². The Labute approximate surface area is 182 Å². The molecule has 23 heavy (non-hydrogen) atoms. The molecule has 0 fully saturated rings. The number of carbonyl (C=O) groups excluding carboxylic acids is 2. The minimum absolute atomic E-state index is 0. The normalized spacial score (nSPS) is 9.30. The van der Waals surface area contributed by atoms with E-state index >= 15 is 0 Å². The molecule has 0 saturated carbocycles. The molecular weight excluding hydrogens is 358 g/mol. The minimum Gasteiger partial charge on any atom is -0.549 e. The molecule has 0 atom stereocenters. The fourth-order valence-electron chi connectivity index (χ4n) is 1.46. The van der Waals surface area contributed by atoms with E-state index in [1.165, 1.54) is 0 Å². The topological polar surface area (TPSA) is 161 Å². The molecule has 0 aromatic carbocycles. The number of halogens is 1. The largest absolute Gasteiger partial charge is 1.00 e. The molecule has 13 heteroatoms. The van der Waals surface area contributed by atoms with Crippen LogP contribution < -0.4 is 69.3 Å². The fraction of sp³-hybridized carbons (Fsp3) is 0.600. The summed E-state index contributed by atoms with van der Waals surface area (Å²) in [5.74, 6) is -5.52. The Morgan fingerprint density at radius 3 is 1.13 bits per heavy atom. The summed E-state index contributed by atoms with van der Waals surface area (Å²) in [4.78, 5) is 43.9. The zero-order valence-electron chi connectivity index (χ0n) is 12.9. The fourth-order valence-corrected chi connectivity index (χ4v) is 1.46. The van der Waals surface area contributed by atoms with E-state index < -0.39 is 50.1 Å². The van der Waals surface area contributed by atoms with Crippen LogP contribution in [0.2, 0.25) is 0 Å². The Morgan fingerprint density at radius 1 is 0.696 bits per heavy atom. The van der Waals surface area contributed by atoms with Crippen LogP contribution in [0.3, 0.4) is 0 Å². The van der Waals surface area contributed by atoms with Gasteiger partial charge in [0.15, 0.2) is 0 Å². The van der Waals surface area contributed by atoms with Crippen LogP contribution in [0.1, 0.15) is 0 Å². The summed E-state index contributed by atoms with van der Waals surface area (Å²) in [7, 11) is 0. The number of aliphatic carboxylic acids is 4. The maximum atomic E-state index is 10.5. The molecule has 0 aliphatic carbocycles. The molecule has 0 rings (SSSR count). The van der Waals surface area contributed by atoms with Crippen molar-refractivity contribution in [2.24, 2.45) is 0 Å². The van der Waals surface area contributed by atoms with E-state index in [4.69, 9.17) is 10.2 Å². The second-order valence-electron chi connectivity index (χ2n) is 3.95. The number of nitrogens with zero attached hydrogens (tertiary/aromatic N) is 2. The van der Waals surface area contributed by atoms with Gasteiger partial charge in [0.2, 0.25) is 0 Å². The molecule has 0 radical (unpaired) electrons. The molecule has 0 heterocycles. The van der Waals surface area contributed by atoms with E-state index in [2.05, 4.69) is 0 Å². The van der Waals surface area contributed by atoms with Crippen LogP contribution in [-0.2, 0) is 19.2 Å². The summed E-state index contributed by atoms with van der Waals surface area (Å²) < 4.78 is 0. The maximum absolute atomic E-state index is 10.5. The maximum Gasteiger partial charge on any atom is 1.00 e. The number of rotatable bonds is 11. The molecule has 2 N–H and O–H groups in total. The zero-order valence-corrected chi connectivity index (χ0v) is 17.7. The summed E-state index contributed by atoms with van der Waals surface area (Å²) in [5.41, 5.74) is 0. The zero-order chi connectivity index (χ0) is 15.7. The summed E-state index contributed by atoms with van der Waals surface area (Å²) in [6.07, 6.45) is 0. The molecule has 0 amide bonds. The minimum atomic E-state index is -1.49. The first-order chi connectivity index (χ1) is 9.20. The van der Waals surface area contributed by atoms with Crippen molar-refractivity contribution in [3.63, 3.8) is 0 Å². The van der Waals surface area contributed by atoms with Crippen LogP contribution in [0.25, 0.3) is 0 Å². The summed E-state index contributed by atoms with van der Waals surface area (Å²) in [6.45, 7) is -2.75. The molecule has 0 aliphatic rings. The Bertz CT molecular complexity index is 331. The third-order valence-corrected chi connectivity index (χ3v) is 2.16. The van der Waals surface area contributed by atoms with Crippen molar-refractivity contribution < 1.29 is 98.7 Å². The SMILES string of the molecule is Cl.O=C([O-])CN(CCN(CC(=O)[O-])CC(=O)O)CC(=O)O.[Na+].[Na+]. The van der Waals surface area contributed by atoms with Gasteiger partial charge in [-0.25, -0.2) is 0 Å². The number of carboxylic acid groups (broad SMARTS) is 4. The Balaban J connectivity index is -0.000000602. The van der Waals surface area contributed by atoms with Crippen LogP contribution in [0.5, 0.6) is 0 Å². The van der Waals surface area contributed by atoms with Crippen LogP contribution >= 0.6 is 12.4 Å². The van der Waals surface area contributed by atoms with Gasteiger partial charge in [-0.15, -0.1) is 12.4 Å². The van der Waals surface area contributed by atoms with Gasteiger partial charge in [0.1, 0.15) is 0 Å². The summed E-state index contributed by atoms with van der Waals surface area (Å²) >= 11 is 0. The van der Waals surface area contributed by atoms with Crippen molar-refractivity contribution in [3.05, 3.63) is 0 Å². The second kappa shape index (κ2) is 16.9. The Morgan fingerprint density at radius 2 is 0.957 bits per heavy atom. The molecule has 10 nitrogen and oxygen atoms in total. The van der Waals surface area contributed by atoms with E-state index in [1.807, 2.05) is 0 Å². The molecule has 0 unspecified atom stereocenters. The van der Waals surface area contributed by atoms with Gasteiger partial charge >= 0.3 is 71.1 Å². The van der Waals surface area contributed by atoms with Gasteiger partial charge in [-0.2, -0.15) is 0 Å². The summed E-state index contributed by atoms with van der Waals surface area (Å²) in [6, 6.07) is 0. The van der Waals surface area contributed by atoms with Gasteiger partial charge in [0.05, 0.1) is 25.0 Å². The molecule has 0 saturated heterocycles.